The van der Waals surface area contributed by atoms with Crippen molar-refractivity contribution in [3.8, 4) is 11.4 Å². The highest BCUT2D eigenvalue weighted by Gasteiger charge is 2.22. The van der Waals surface area contributed by atoms with Crippen molar-refractivity contribution in [2.75, 3.05) is 0 Å². The highest BCUT2D eigenvalue weighted by molar-refractivity contribution is 6.30. The Bertz CT molecular complexity index is 1480. The number of benzene rings is 2. The lowest BCUT2D eigenvalue weighted by Crippen LogP contribution is -2.26. The van der Waals surface area contributed by atoms with Gasteiger partial charge in [0.15, 0.2) is 0 Å². The second-order valence-corrected chi connectivity index (χ2v) is 7.14. The monoisotopic (exact) mass is 442 g/mol. The van der Waals surface area contributed by atoms with E-state index in [0.29, 0.717) is 19.1 Å². The maximum absolute atomic E-state index is 12.8. The van der Waals surface area contributed by atoms with Gasteiger partial charge in [0.05, 0.1) is 11.4 Å². The Kier molecular flexibility index (Phi) is 3.88. The molecule has 12 heteroatoms. The van der Waals surface area contributed by atoms with Gasteiger partial charge >= 0.3 is 22.5 Å². The molecule has 148 valence electrons. The van der Waals surface area contributed by atoms with Gasteiger partial charge in [-0.1, -0.05) is 23.2 Å². The van der Waals surface area contributed by atoms with E-state index in [1.807, 2.05) is 0 Å². The zero-order valence-corrected chi connectivity index (χ0v) is 16.2. The van der Waals surface area contributed by atoms with E-state index >= 15 is 0 Å². The minimum atomic E-state index is -0.835. The van der Waals surface area contributed by atoms with Gasteiger partial charge in [-0.15, -0.1) is 10.2 Å². The molecule has 0 amide bonds. The first-order chi connectivity index (χ1) is 14.4. The molecule has 0 aliphatic heterocycles. The van der Waals surface area contributed by atoms with Crippen LogP contribution >= 0.6 is 23.2 Å². The van der Waals surface area contributed by atoms with Crippen LogP contribution in [0.4, 0.5) is 0 Å². The van der Waals surface area contributed by atoms with Crippen molar-refractivity contribution in [2.45, 2.75) is 0 Å². The predicted molar refractivity (Wildman–Crippen MR) is 109 cm³/mol. The summed E-state index contributed by atoms with van der Waals surface area (Å²) in [6.07, 6.45) is 0. The van der Waals surface area contributed by atoms with Gasteiger partial charge in [0.25, 0.3) is 0 Å². The lowest BCUT2D eigenvalue weighted by atomic mass is 10.3. The highest BCUT2D eigenvalue weighted by atomic mass is 35.5. The number of imidazole rings is 2. The van der Waals surface area contributed by atoms with Gasteiger partial charge in [-0.3, -0.25) is 9.59 Å². The average molecular weight is 443 g/mol. The summed E-state index contributed by atoms with van der Waals surface area (Å²) in [6.45, 7) is 0. The van der Waals surface area contributed by atoms with Crippen LogP contribution in [-0.4, -0.2) is 28.4 Å². The molecule has 0 aliphatic carbocycles. The largest absolute Gasteiger partial charge is 0.358 e. The molecule has 5 aromatic rings. The summed E-state index contributed by atoms with van der Waals surface area (Å²) in [5, 5.41) is 8.70. The van der Waals surface area contributed by atoms with Crippen LogP contribution in [0, 0.1) is 0 Å². The van der Waals surface area contributed by atoms with Crippen molar-refractivity contribution in [2.24, 2.45) is 0 Å². The van der Waals surface area contributed by atoms with Gasteiger partial charge in [-0.05, 0) is 48.5 Å². The molecule has 3 aromatic heterocycles. The first kappa shape index (κ1) is 18.3. The fraction of sp³-hybridized carbons (Fsp3) is 0. The molecule has 0 saturated carbocycles. The zero-order chi connectivity index (χ0) is 21.2. The van der Waals surface area contributed by atoms with E-state index in [-0.39, 0.29) is 11.4 Å². The Morgan fingerprint density at radius 3 is 1.23 bits per heavy atom. The zero-order valence-electron chi connectivity index (χ0n) is 14.7. The molecule has 0 bridgehead atoms. The number of rotatable bonds is 2. The molecule has 10 nitrogen and oxygen atoms in total. The van der Waals surface area contributed by atoms with E-state index in [1.165, 1.54) is 48.5 Å². The van der Waals surface area contributed by atoms with Gasteiger partial charge in [0.1, 0.15) is 0 Å². The minimum Gasteiger partial charge on any atom is -0.264 e. The van der Waals surface area contributed by atoms with Crippen molar-refractivity contribution in [3.05, 3.63) is 100 Å². The van der Waals surface area contributed by atoms with E-state index < -0.39 is 33.8 Å². The number of fused-ring (bicyclic) bond motifs is 2. The second-order valence-electron chi connectivity index (χ2n) is 6.27. The van der Waals surface area contributed by atoms with Gasteiger partial charge in [-0.2, -0.15) is 9.03 Å². The molecule has 0 aliphatic rings. The van der Waals surface area contributed by atoms with Gasteiger partial charge in [-0.25, -0.2) is 18.7 Å². The van der Waals surface area contributed by atoms with Crippen molar-refractivity contribution < 1.29 is 0 Å². The molecule has 0 radical (unpaired) electrons. The summed E-state index contributed by atoms with van der Waals surface area (Å²) < 4.78 is 3.04. The molecule has 2 aromatic carbocycles. The normalized spacial score (nSPS) is 11.5. The Balaban J connectivity index is 1.83. The number of hydrogen-bond acceptors (Lipinski definition) is 6. The van der Waals surface area contributed by atoms with Crippen LogP contribution < -0.4 is 22.5 Å². The molecule has 0 saturated heterocycles. The van der Waals surface area contributed by atoms with Gasteiger partial charge in [0, 0.05) is 10.0 Å². The quantitative estimate of drug-likeness (QED) is 0.398. The smallest absolute Gasteiger partial charge is 0.264 e. The first-order valence-corrected chi connectivity index (χ1v) is 9.18. The molecular formula is C18H8Cl2N6O4. The number of halogens is 2. The fourth-order valence-corrected chi connectivity index (χ4v) is 3.35. The Morgan fingerprint density at radius 2 is 0.900 bits per heavy atom. The van der Waals surface area contributed by atoms with E-state index in [4.69, 9.17) is 23.2 Å². The number of nitrogens with zero attached hydrogens (tertiary/aromatic N) is 6. The summed E-state index contributed by atoms with van der Waals surface area (Å²) in [5.74, 6) is 0. The third-order valence-electron chi connectivity index (χ3n) is 4.49. The van der Waals surface area contributed by atoms with E-state index in [1.54, 1.807) is 0 Å². The standard InChI is InChI=1S/C18H8Cl2N6O4/c19-9-1-5-11(6-2-9)23-15(27)13-21-26-14(22-25(13)17(23)29)16(28)24(18(26)30)12-7-3-10(20)4-8-12/h1-8H. The second kappa shape index (κ2) is 6.37. The summed E-state index contributed by atoms with van der Waals surface area (Å²) in [4.78, 5) is 51.1. The molecule has 30 heavy (non-hydrogen) atoms. The number of hydrogen-bond donors (Lipinski definition) is 0. The maximum Gasteiger partial charge on any atom is 0.358 e. The Hall–Kier alpha value is -3.76. The van der Waals surface area contributed by atoms with Crippen LogP contribution in [0.5, 0.6) is 0 Å². The van der Waals surface area contributed by atoms with Crippen molar-refractivity contribution >= 4 is 34.5 Å². The molecule has 0 N–H and O–H groups in total. The van der Waals surface area contributed by atoms with Crippen LogP contribution in [0.2, 0.25) is 10.0 Å². The van der Waals surface area contributed by atoms with E-state index in [2.05, 4.69) is 10.2 Å². The maximum atomic E-state index is 12.8. The summed E-state index contributed by atoms with van der Waals surface area (Å²) in [6, 6.07) is 12.0. The molecule has 0 atom stereocenters. The molecular weight excluding hydrogens is 435 g/mol. The topological polar surface area (TPSA) is 113 Å². The van der Waals surface area contributed by atoms with Crippen molar-refractivity contribution in [3.63, 3.8) is 0 Å². The fourth-order valence-electron chi connectivity index (χ4n) is 3.10. The van der Waals surface area contributed by atoms with Crippen LogP contribution in [0.25, 0.3) is 22.7 Å². The summed E-state index contributed by atoms with van der Waals surface area (Å²) >= 11 is 11.7. The lowest BCUT2D eigenvalue weighted by molar-refractivity contribution is 0.770. The highest BCUT2D eigenvalue weighted by Crippen LogP contribution is 2.12. The Labute approximate surface area is 174 Å². The number of aromatic nitrogens is 6. The predicted octanol–water partition coefficient (Wildman–Crippen LogP) is 0.749. The SMILES string of the molecule is O=c1c2nn3c(=O)n(-c4ccc(Cl)cc4)c(=O)c3nn2c(=O)n1-c1ccc(Cl)cc1. The lowest BCUT2D eigenvalue weighted by Gasteiger charge is -1.98. The molecule has 5 rings (SSSR count). The van der Waals surface area contributed by atoms with Crippen LogP contribution in [0.15, 0.2) is 67.7 Å². The van der Waals surface area contributed by atoms with Crippen LogP contribution in [-0.2, 0) is 0 Å². The average Bonchev–Trinajstić information content (AvgIpc) is 3.13. The van der Waals surface area contributed by atoms with Gasteiger partial charge < -0.3 is 0 Å². The van der Waals surface area contributed by atoms with Crippen LogP contribution in [0.1, 0.15) is 0 Å². The molecule has 0 unspecified atom stereocenters. The van der Waals surface area contributed by atoms with Gasteiger partial charge in [0.2, 0.25) is 11.3 Å². The first-order valence-electron chi connectivity index (χ1n) is 8.42. The van der Waals surface area contributed by atoms with E-state index in [9.17, 15) is 19.2 Å². The molecule has 0 spiro atoms. The van der Waals surface area contributed by atoms with Crippen molar-refractivity contribution in [1.29, 1.82) is 0 Å². The van der Waals surface area contributed by atoms with Crippen LogP contribution in [0.3, 0.4) is 0 Å². The summed E-state index contributed by atoms with van der Waals surface area (Å²) in [7, 11) is 0. The molecule has 3 heterocycles. The Morgan fingerprint density at radius 1 is 0.567 bits per heavy atom. The minimum absolute atomic E-state index is 0.243. The van der Waals surface area contributed by atoms with Crippen molar-refractivity contribution in [1.82, 2.24) is 28.4 Å². The van der Waals surface area contributed by atoms with E-state index in [0.717, 1.165) is 9.13 Å². The third kappa shape index (κ3) is 2.51. The third-order valence-corrected chi connectivity index (χ3v) is 5.00. The molecule has 0 fully saturated rings. The summed E-state index contributed by atoms with van der Waals surface area (Å²) in [5.41, 5.74) is -3.59.